The number of unbranched alkanes of at least 4 members (excludes halogenated alkanes) is 1. The highest BCUT2D eigenvalue weighted by Crippen LogP contribution is 2.40. The zero-order chi connectivity index (χ0) is 40.0. The summed E-state index contributed by atoms with van der Waals surface area (Å²) in [5.74, 6) is 1.82. The van der Waals surface area contributed by atoms with E-state index in [9.17, 15) is 0 Å². The molecule has 0 aliphatic rings. The molecule has 0 amide bonds. The molecule has 0 fully saturated rings. The van der Waals surface area contributed by atoms with E-state index in [0.29, 0.717) is 17.6 Å². The summed E-state index contributed by atoms with van der Waals surface area (Å²) >= 11 is 0. The molecule has 0 N–H and O–H groups in total. The van der Waals surface area contributed by atoms with Gasteiger partial charge in [0, 0.05) is 38.4 Å². The minimum atomic E-state index is 0.576. The molecule has 286 valence electrons. The summed E-state index contributed by atoms with van der Waals surface area (Å²) in [6.45, 7) is 2.24. The van der Waals surface area contributed by atoms with E-state index in [0.717, 1.165) is 61.7 Å². The van der Waals surface area contributed by atoms with Crippen molar-refractivity contribution in [1.82, 2.24) is 24.1 Å². The summed E-state index contributed by atoms with van der Waals surface area (Å²) in [5.41, 5.74) is 13.5. The van der Waals surface area contributed by atoms with E-state index in [1.807, 2.05) is 18.2 Å². The normalized spacial score (nSPS) is 11.6. The fraction of sp³-hybridized carbons (Fsp3) is 0.0727. The zero-order valence-electron chi connectivity index (χ0n) is 33.3. The monoisotopic (exact) mass is 771 g/mol. The lowest BCUT2D eigenvalue weighted by Crippen LogP contribution is -2.06. The van der Waals surface area contributed by atoms with Gasteiger partial charge in [0.2, 0.25) is 5.95 Å². The van der Waals surface area contributed by atoms with Crippen molar-refractivity contribution in [2.24, 2.45) is 0 Å². The Labute approximate surface area is 348 Å². The Balaban J connectivity index is 1.06. The van der Waals surface area contributed by atoms with Gasteiger partial charge in [0.15, 0.2) is 11.6 Å². The minimum absolute atomic E-state index is 0.576. The Morgan fingerprint density at radius 2 is 0.867 bits per heavy atom. The topological polar surface area (TPSA) is 48.5 Å². The van der Waals surface area contributed by atoms with Gasteiger partial charge in [-0.3, -0.25) is 4.57 Å². The third kappa shape index (κ3) is 6.23. The first-order chi connectivity index (χ1) is 29.7. The Bertz CT molecular complexity index is 3330. The fourth-order valence-electron chi connectivity index (χ4n) is 8.75. The van der Waals surface area contributed by atoms with Gasteiger partial charge < -0.3 is 4.57 Å². The molecule has 0 atom stereocenters. The smallest absolute Gasteiger partial charge is 0.238 e. The van der Waals surface area contributed by atoms with Gasteiger partial charge in [-0.1, -0.05) is 165 Å². The van der Waals surface area contributed by atoms with Crippen LogP contribution in [0.1, 0.15) is 25.3 Å². The van der Waals surface area contributed by atoms with E-state index in [1.165, 1.54) is 45.8 Å². The van der Waals surface area contributed by atoms with Crippen molar-refractivity contribution in [1.29, 1.82) is 0 Å². The van der Waals surface area contributed by atoms with Crippen LogP contribution < -0.4 is 0 Å². The molecule has 0 radical (unpaired) electrons. The highest BCUT2D eigenvalue weighted by atomic mass is 15.2. The van der Waals surface area contributed by atoms with Gasteiger partial charge >= 0.3 is 0 Å². The van der Waals surface area contributed by atoms with Crippen LogP contribution >= 0.6 is 0 Å². The van der Waals surface area contributed by atoms with Crippen LogP contribution in [0.5, 0.6) is 0 Å². The second-order valence-electron chi connectivity index (χ2n) is 15.5. The van der Waals surface area contributed by atoms with Crippen LogP contribution in [0.15, 0.2) is 194 Å². The van der Waals surface area contributed by atoms with Gasteiger partial charge in [-0.05, 0) is 83.1 Å². The fourth-order valence-corrected chi connectivity index (χ4v) is 8.75. The molecule has 0 spiro atoms. The summed E-state index contributed by atoms with van der Waals surface area (Å²) in [4.78, 5) is 15.7. The number of aromatic nitrogens is 5. The highest BCUT2D eigenvalue weighted by Gasteiger charge is 2.21. The number of nitrogens with zero attached hydrogens (tertiary/aromatic N) is 5. The molecule has 0 unspecified atom stereocenters. The van der Waals surface area contributed by atoms with Crippen molar-refractivity contribution in [3.63, 3.8) is 0 Å². The van der Waals surface area contributed by atoms with E-state index in [-0.39, 0.29) is 0 Å². The molecule has 11 aromatic rings. The van der Waals surface area contributed by atoms with Crippen molar-refractivity contribution in [3.05, 3.63) is 200 Å². The molecule has 11 rings (SSSR count). The second-order valence-corrected chi connectivity index (χ2v) is 15.5. The first kappa shape index (κ1) is 35.5. The van der Waals surface area contributed by atoms with E-state index in [2.05, 4.69) is 192 Å². The Morgan fingerprint density at radius 3 is 1.52 bits per heavy atom. The second kappa shape index (κ2) is 14.9. The predicted octanol–water partition coefficient (Wildman–Crippen LogP) is 14.1. The molecule has 5 heteroatoms. The maximum atomic E-state index is 5.32. The van der Waals surface area contributed by atoms with Crippen LogP contribution in [0.4, 0.5) is 0 Å². The zero-order valence-corrected chi connectivity index (χ0v) is 33.3. The summed E-state index contributed by atoms with van der Waals surface area (Å²) in [6, 6.07) is 69.1. The van der Waals surface area contributed by atoms with Gasteiger partial charge in [-0.15, -0.1) is 0 Å². The third-order valence-corrected chi connectivity index (χ3v) is 11.8. The summed E-state index contributed by atoms with van der Waals surface area (Å²) in [7, 11) is 0. The van der Waals surface area contributed by atoms with Gasteiger partial charge in [0.25, 0.3) is 0 Å². The first-order valence-electron chi connectivity index (χ1n) is 20.8. The summed E-state index contributed by atoms with van der Waals surface area (Å²) in [6.07, 6.45) is 3.56. The molecule has 60 heavy (non-hydrogen) atoms. The average molecular weight is 772 g/mol. The predicted molar refractivity (Wildman–Crippen MR) is 249 cm³/mol. The van der Waals surface area contributed by atoms with E-state index in [4.69, 9.17) is 15.0 Å². The van der Waals surface area contributed by atoms with Crippen molar-refractivity contribution < 1.29 is 0 Å². The number of para-hydroxylation sites is 3. The number of rotatable bonds is 9. The van der Waals surface area contributed by atoms with Gasteiger partial charge in [0.1, 0.15) is 0 Å². The van der Waals surface area contributed by atoms with Gasteiger partial charge in [-0.25, -0.2) is 4.98 Å². The van der Waals surface area contributed by atoms with Crippen LogP contribution in [-0.4, -0.2) is 24.1 Å². The molecular weight excluding hydrogens is 731 g/mol. The van der Waals surface area contributed by atoms with Crippen molar-refractivity contribution in [2.45, 2.75) is 26.2 Å². The van der Waals surface area contributed by atoms with E-state index in [1.54, 1.807) is 0 Å². The quantitative estimate of drug-likeness (QED) is 0.147. The first-order valence-corrected chi connectivity index (χ1v) is 20.8. The molecule has 3 aromatic heterocycles. The summed E-state index contributed by atoms with van der Waals surface area (Å²) < 4.78 is 4.59. The SMILES string of the molecule is CCCCc1ccc(-c2ccc(-c3cccc(-c4nc(-c5ccccc5)nc(-n5c6ccccc6c6cc7c(cc65)c5ccccc5n7-c5ccccc5)n4)c3)cc2)cc1. The number of benzene rings is 8. The molecule has 3 heterocycles. The van der Waals surface area contributed by atoms with Crippen LogP contribution in [0.25, 0.3) is 100 Å². The van der Waals surface area contributed by atoms with Crippen molar-refractivity contribution in [2.75, 3.05) is 0 Å². The molecule has 0 saturated heterocycles. The number of hydrogen-bond donors (Lipinski definition) is 0. The molecular formula is C55H41N5. The minimum Gasteiger partial charge on any atom is -0.309 e. The van der Waals surface area contributed by atoms with Crippen molar-refractivity contribution in [3.8, 4) is 56.7 Å². The van der Waals surface area contributed by atoms with E-state index < -0.39 is 0 Å². The van der Waals surface area contributed by atoms with Gasteiger partial charge in [0.05, 0.1) is 22.1 Å². The molecule has 0 aliphatic carbocycles. The maximum absolute atomic E-state index is 5.32. The largest absolute Gasteiger partial charge is 0.309 e. The molecule has 0 aliphatic heterocycles. The lowest BCUT2D eigenvalue weighted by molar-refractivity contribution is 0.795. The lowest BCUT2D eigenvalue weighted by atomic mass is 9.98. The Kier molecular flexibility index (Phi) is 8.85. The third-order valence-electron chi connectivity index (χ3n) is 11.8. The number of aryl methyl sites for hydroxylation is 1. The molecule has 0 bridgehead atoms. The number of hydrogen-bond acceptors (Lipinski definition) is 3. The Morgan fingerprint density at radius 1 is 0.367 bits per heavy atom. The van der Waals surface area contributed by atoms with Crippen molar-refractivity contribution >= 4 is 43.6 Å². The van der Waals surface area contributed by atoms with E-state index >= 15 is 0 Å². The molecule has 5 nitrogen and oxygen atoms in total. The molecule has 8 aromatic carbocycles. The Hall–Kier alpha value is -7.63. The van der Waals surface area contributed by atoms with Crippen LogP contribution in [0.2, 0.25) is 0 Å². The number of fused-ring (bicyclic) bond motifs is 6. The summed E-state index contributed by atoms with van der Waals surface area (Å²) in [5, 5.41) is 4.65. The van der Waals surface area contributed by atoms with Crippen LogP contribution in [0, 0.1) is 0 Å². The average Bonchev–Trinajstić information content (AvgIpc) is 3.82. The van der Waals surface area contributed by atoms with Crippen LogP contribution in [0.3, 0.4) is 0 Å². The van der Waals surface area contributed by atoms with Crippen LogP contribution in [-0.2, 0) is 6.42 Å². The molecule has 0 saturated carbocycles. The van der Waals surface area contributed by atoms with Gasteiger partial charge in [-0.2, -0.15) is 9.97 Å². The standard InChI is InChI=1S/C55H41N5/c1-2-3-15-37-26-28-38(29-27-37)39-30-32-40(33-31-39)42-18-14-19-43(34-42)54-56-53(41-16-6-4-7-17-41)57-55(58-54)60-50-25-13-11-23-46(50)48-35-51-47(36-52(48)60)45-22-10-12-24-49(45)59(51)44-20-8-5-9-21-44/h4-14,16-36H,2-3,15H2,1H3. The highest BCUT2D eigenvalue weighted by molar-refractivity contribution is 6.18. The maximum Gasteiger partial charge on any atom is 0.238 e. The lowest BCUT2D eigenvalue weighted by Gasteiger charge is -2.12.